The van der Waals surface area contributed by atoms with E-state index in [0.717, 1.165) is 44.6 Å². The quantitative estimate of drug-likeness (QED) is 0.618. The van der Waals surface area contributed by atoms with Crippen LogP contribution in [0.4, 0.5) is 5.69 Å². The predicted molar refractivity (Wildman–Crippen MR) is 90.9 cm³/mol. The molecule has 1 aliphatic heterocycles. The maximum absolute atomic E-state index is 11.3. The molecule has 1 saturated heterocycles. The lowest BCUT2D eigenvalue weighted by atomic mass is 9.95. The first-order valence-corrected chi connectivity index (χ1v) is 8.30. The van der Waals surface area contributed by atoms with Crippen LogP contribution >= 0.6 is 0 Å². The zero-order chi connectivity index (χ0) is 16.8. The molecule has 1 aromatic carbocycles. The van der Waals surface area contributed by atoms with Gasteiger partial charge in [-0.05, 0) is 30.4 Å². The summed E-state index contributed by atoms with van der Waals surface area (Å²) >= 11 is 0. The molecule has 1 aliphatic rings. The molecule has 1 N–H and O–H groups in total. The highest BCUT2D eigenvalue weighted by atomic mass is 16.6. The van der Waals surface area contributed by atoms with E-state index >= 15 is 0 Å². The molecular weight excluding hydrogens is 294 g/mol. The molecule has 1 fully saturated rings. The second-order valence-corrected chi connectivity index (χ2v) is 6.46. The highest BCUT2D eigenvalue weighted by molar-refractivity contribution is 5.49. The van der Waals surface area contributed by atoms with E-state index in [-0.39, 0.29) is 16.7 Å². The van der Waals surface area contributed by atoms with Crippen molar-refractivity contribution in [3.63, 3.8) is 0 Å². The number of nitro benzene ring substituents is 1. The molecule has 0 unspecified atom stereocenters. The van der Waals surface area contributed by atoms with Crippen molar-refractivity contribution in [2.45, 2.75) is 32.7 Å². The van der Waals surface area contributed by atoms with Crippen LogP contribution in [0.5, 0.6) is 5.75 Å². The van der Waals surface area contributed by atoms with Gasteiger partial charge in [-0.15, -0.1) is 0 Å². The number of ether oxygens (including phenoxy) is 1. The summed E-state index contributed by atoms with van der Waals surface area (Å²) < 4.78 is 5.12. The van der Waals surface area contributed by atoms with E-state index in [2.05, 4.69) is 24.1 Å². The summed E-state index contributed by atoms with van der Waals surface area (Å²) in [5.74, 6) is 0.940. The predicted octanol–water partition coefficient (Wildman–Crippen LogP) is 2.99. The zero-order valence-corrected chi connectivity index (χ0v) is 14.2. The molecular formula is C17H27N3O3. The van der Waals surface area contributed by atoms with Crippen molar-refractivity contribution in [3.05, 3.63) is 33.9 Å². The van der Waals surface area contributed by atoms with Crippen LogP contribution in [-0.4, -0.2) is 43.1 Å². The van der Waals surface area contributed by atoms with Gasteiger partial charge >= 0.3 is 5.69 Å². The fraction of sp³-hybridized carbons (Fsp3) is 0.647. The van der Waals surface area contributed by atoms with E-state index in [1.807, 2.05) is 6.07 Å². The van der Waals surface area contributed by atoms with Crippen LogP contribution < -0.4 is 10.1 Å². The van der Waals surface area contributed by atoms with Crippen LogP contribution in [0, 0.1) is 16.0 Å². The maximum Gasteiger partial charge on any atom is 0.311 e. The summed E-state index contributed by atoms with van der Waals surface area (Å²) in [6.07, 6.45) is 2.12. The van der Waals surface area contributed by atoms with Gasteiger partial charge in [0.1, 0.15) is 0 Å². The van der Waals surface area contributed by atoms with Crippen molar-refractivity contribution in [2.24, 2.45) is 5.92 Å². The number of rotatable bonds is 7. The average molecular weight is 321 g/mol. The molecule has 23 heavy (non-hydrogen) atoms. The number of hydrogen-bond acceptors (Lipinski definition) is 5. The molecule has 0 aromatic heterocycles. The summed E-state index contributed by atoms with van der Waals surface area (Å²) in [5.41, 5.74) is 1.06. The number of benzene rings is 1. The lowest BCUT2D eigenvalue weighted by Gasteiger charge is -2.35. The second-order valence-electron chi connectivity index (χ2n) is 6.46. The first-order chi connectivity index (χ1) is 11.0. The largest absolute Gasteiger partial charge is 0.490 e. The van der Waals surface area contributed by atoms with Crippen molar-refractivity contribution in [2.75, 3.05) is 33.3 Å². The SMILES string of the molecule is COc1ccc([C@H](CCC(C)C)N2CCNCC2)cc1[N+](=O)[O-]. The highest BCUT2D eigenvalue weighted by Crippen LogP contribution is 2.34. The Bertz CT molecular complexity index is 528. The van der Waals surface area contributed by atoms with Gasteiger partial charge in [0.15, 0.2) is 5.75 Å². The first-order valence-electron chi connectivity index (χ1n) is 8.30. The lowest BCUT2D eigenvalue weighted by molar-refractivity contribution is -0.385. The Morgan fingerprint density at radius 1 is 1.30 bits per heavy atom. The van der Waals surface area contributed by atoms with E-state index in [4.69, 9.17) is 4.74 Å². The number of hydrogen-bond donors (Lipinski definition) is 1. The molecule has 0 radical (unpaired) electrons. The Labute approximate surface area is 138 Å². The molecule has 0 aliphatic carbocycles. The molecule has 0 saturated carbocycles. The molecule has 6 nitrogen and oxygen atoms in total. The van der Waals surface area contributed by atoms with Crippen molar-refractivity contribution in [3.8, 4) is 5.75 Å². The third-order valence-electron chi connectivity index (χ3n) is 4.39. The first kappa shape index (κ1) is 17.7. The van der Waals surface area contributed by atoms with Crippen LogP contribution in [0.15, 0.2) is 18.2 Å². The molecule has 2 rings (SSSR count). The summed E-state index contributed by atoms with van der Waals surface area (Å²) in [6.45, 7) is 8.31. The minimum atomic E-state index is -0.362. The molecule has 1 atom stereocenters. The fourth-order valence-corrected chi connectivity index (χ4v) is 3.10. The Morgan fingerprint density at radius 2 is 2.00 bits per heavy atom. The fourth-order valence-electron chi connectivity index (χ4n) is 3.10. The number of piperazine rings is 1. The average Bonchev–Trinajstić information content (AvgIpc) is 2.55. The van der Waals surface area contributed by atoms with Gasteiger partial charge in [0.25, 0.3) is 0 Å². The molecule has 0 spiro atoms. The molecule has 128 valence electrons. The Morgan fingerprint density at radius 3 is 2.57 bits per heavy atom. The van der Waals surface area contributed by atoms with Crippen LogP contribution in [0.1, 0.15) is 38.3 Å². The van der Waals surface area contributed by atoms with E-state index in [9.17, 15) is 10.1 Å². The van der Waals surface area contributed by atoms with Gasteiger partial charge in [-0.25, -0.2) is 0 Å². The van der Waals surface area contributed by atoms with Crippen LogP contribution in [0.2, 0.25) is 0 Å². The van der Waals surface area contributed by atoms with Crippen molar-refractivity contribution < 1.29 is 9.66 Å². The van der Waals surface area contributed by atoms with Crippen molar-refractivity contribution >= 4 is 5.69 Å². The topological polar surface area (TPSA) is 67.6 Å². The number of nitrogens with zero attached hydrogens (tertiary/aromatic N) is 2. The third-order valence-corrected chi connectivity index (χ3v) is 4.39. The summed E-state index contributed by atoms with van der Waals surface area (Å²) in [4.78, 5) is 13.4. The zero-order valence-electron chi connectivity index (χ0n) is 14.2. The highest BCUT2D eigenvalue weighted by Gasteiger charge is 2.25. The van der Waals surface area contributed by atoms with Gasteiger partial charge in [0.2, 0.25) is 0 Å². The van der Waals surface area contributed by atoms with E-state index in [0.29, 0.717) is 11.7 Å². The van der Waals surface area contributed by atoms with Gasteiger partial charge in [0, 0.05) is 38.3 Å². The standard InChI is InChI=1S/C17H27N3O3/c1-13(2)4-6-15(19-10-8-18-9-11-19)14-5-7-17(23-3)16(12-14)20(21)22/h5,7,12-13,15,18H,4,6,8-11H2,1-3H3/t15-/m0/s1. The summed E-state index contributed by atoms with van der Waals surface area (Å²) in [6, 6.07) is 5.60. The van der Waals surface area contributed by atoms with Crippen LogP contribution in [0.25, 0.3) is 0 Å². The van der Waals surface area contributed by atoms with Crippen molar-refractivity contribution in [1.29, 1.82) is 0 Å². The maximum atomic E-state index is 11.3. The molecule has 1 aromatic rings. The van der Waals surface area contributed by atoms with Crippen molar-refractivity contribution in [1.82, 2.24) is 10.2 Å². The Kier molecular flexibility index (Phi) is 6.36. The minimum absolute atomic E-state index is 0.0506. The van der Waals surface area contributed by atoms with E-state index in [1.54, 1.807) is 12.1 Å². The van der Waals surface area contributed by atoms with Gasteiger partial charge < -0.3 is 10.1 Å². The molecule has 0 bridgehead atoms. The lowest BCUT2D eigenvalue weighted by Crippen LogP contribution is -2.45. The molecule has 0 amide bonds. The molecule has 1 heterocycles. The van der Waals surface area contributed by atoms with Gasteiger partial charge in [-0.1, -0.05) is 19.9 Å². The monoisotopic (exact) mass is 321 g/mol. The van der Waals surface area contributed by atoms with Gasteiger partial charge in [0.05, 0.1) is 12.0 Å². The van der Waals surface area contributed by atoms with Gasteiger partial charge in [-0.3, -0.25) is 15.0 Å². The minimum Gasteiger partial charge on any atom is -0.490 e. The normalized spacial score (nSPS) is 17.2. The summed E-state index contributed by atoms with van der Waals surface area (Å²) in [7, 11) is 1.47. The van der Waals surface area contributed by atoms with E-state index in [1.165, 1.54) is 7.11 Å². The van der Waals surface area contributed by atoms with Gasteiger partial charge in [-0.2, -0.15) is 0 Å². The molecule has 6 heteroatoms. The Hall–Kier alpha value is -1.66. The Balaban J connectivity index is 2.29. The number of nitrogens with one attached hydrogen (secondary N) is 1. The smallest absolute Gasteiger partial charge is 0.311 e. The second kappa shape index (κ2) is 8.26. The number of nitro groups is 1. The van der Waals surface area contributed by atoms with Crippen LogP contribution in [-0.2, 0) is 0 Å². The summed E-state index contributed by atoms with van der Waals surface area (Å²) in [5, 5.41) is 14.7. The van der Waals surface area contributed by atoms with E-state index < -0.39 is 0 Å². The third kappa shape index (κ3) is 4.65. The number of methoxy groups -OCH3 is 1. The van der Waals surface area contributed by atoms with Crippen LogP contribution in [0.3, 0.4) is 0 Å².